The SMILES string of the molecule is COC(=O)c1cncc(NC2(C(=O)O)CCOCC2)n1. The van der Waals surface area contributed by atoms with Gasteiger partial charge in [-0.1, -0.05) is 0 Å². The lowest BCUT2D eigenvalue weighted by Gasteiger charge is -2.34. The van der Waals surface area contributed by atoms with Crippen molar-refractivity contribution in [3.05, 3.63) is 18.1 Å². The molecule has 1 fully saturated rings. The molecule has 108 valence electrons. The van der Waals surface area contributed by atoms with Crippen LogP contribution in [0.25, 0.3) is 0 Å². The lowest BCUT2D eigenvalue weighted by molar-refractivity contribution is -0.145. The molecule has 1 aliphatic heterocycles. The molecule has 1 aromatic rings. The first-order valence-corrected chi connectivity index (χ1v) is 6.07. The molecule has 0 saturated carbocycles. The monoisotopic (exact) mass is 281 g/mol. The van der Waals surface area contributed by atoms with Crippen LogP contribution in [-0.4, -0.2) is 52.9 Å². The average Bonchev–Trinajstić information content (AvgIpc) is 2.47. The highest BCUT2D eigenvalue weighted by molar-refractivity contribution is 5.87. The summed E-state index contributed by atoms with van der Waals surface area (Å²) in [6.07, 6.45) is 3.25. The molecule has 2 rings (SSSR count). The van der Waals surface area contributed by atoms with Gasteiger partial charge in [-0.05, 0) is 0 Å². The number of nitrogens with one attached hydrogen (secondary N) is 1. The smallest absolute Gasteiger partial charge is 0.358 e. The fourth-order valence-corrected chi connectivity index (χ4v) is 1.99. The normalized spacial score (nSPS) is 17.2. The van der Waals surface area contributed by atoms with Gasteiger partial charge in [0, 0.05) is 26.1 Å². The lowest BCUT2D eigenvalue weighted by Crippen LogP contribution is -2.50. The van der Waals surface area contributed by atoms with E-state index < -0.39 is 17.5 Å². The summed E-state index contributed by atoms with van der Waals surface area (Å²) in [5.74, 6) is -1.39. The number of aliphatic carboxylic acids is 1. The third-order valence-corrected chi connectivity index (χ3v) is 3.15. The molecule has 0 unspecified atom stereocenters. The number of carboxylic acids is 1. The summed E-state index contributed by atoms with van der Waals surface area (Å²) in [4.78, 5) is 30.8. The Hall–Kier alpha value is -2.22. The molecular formula is C12H15N3O5. The first-order chi connectivity index (χ1) is 9.57. The Bertz CT molecular complexity index is 514. The van der Waals surface area contributed by atoms with Crippen molar-refractivity contribution >= 4 is 17.8 Å². The largest absolute Gasteiger partial charge is 0.480 e. The topological polar surface area (TPSA) is 111 Å². The molecule has 8 nitrogen and oxygen atoms in total. The zero-order valence-electron chi connectivity index (χ0n) is 11.0. The number of carboxylic acid groups (broad SMARTS) is 1. The van der Waals surface area contributed by atoms with E-state index >= 15 is 0 Å². The van der Waals surface area contributed by atoms with Crippen molar-refractivity contribution in [3.8, 4) is 0 Å². The number of aromatic nitrogens is 2. The van der Waals surface area contributed by atoms with Gasteiger partial charge in [0.15, 0.2) is 5.69 Å². The highest BCUT2D eigenvalue weighted by Crippen LogP contribution is 2.25. The van der Waals surface area contributed by atoms with Gasteiger partial charge in [-0.25, -0.2) is 14.6 Å². The summed E-state index contributed by atoms with van der Waals surface area (Å²) in [6.45, 7) is 0.701. The molecule has 20 heavy (non-hydrogen) atoms. The molecule has 0 spiro atoms. The molecule has 0 aromatic carbocycles. The fourth-order valence-electron chi connectivity index (χ4n) is 1.99. The summed E-state index contributed by atoms with van der Waals surface area (Å²) in [5.41, 5.74) is -1.13. The fraction of sp³-hybridized carbons (Fsp3) is 0.500. The Labute approximate surface area is 115 Å². The number of nitrogens with zero attached hydrogens (tertiary/aromatic N) is 2. The van der Waals surface area contributed by atoms with Crippen molar-refractivity contribution in [1.29, 1.82) is 0 Å². The van der Waals surface area contributed by atoms with E-state index in [0.717, 1.165) is 0 Å². The van der Waals surface area contributed by atoms with Gasteiger partial charge in [0.05, 0.1) is 19.5 Å². The van der Waals surface area contributed by atoms with Gasteiger partial charge in [0.2, 0.25) is 0 Å². The van der Waals surface area contributed by atoms with Crippen molar-refractivity contribution < 1.29 is 24.2 Å². The van der Waals surface area contributed by atoms with E-state index in [9.17, 15) is 14.7 Å². The number of hydrogen-bond donors (Lipinski definition) is 2. The Kier molecular flexibility index (Phi) is 4.14. The van der Waals surface area contributed by atoms with Crippen LogP contribution in [0.2, 0.25) is 0 Å². The molecule has 1 saturated heterocycles. The number of carbonyl (C=O) groups is 2. The van der Waals surface area contributed by atoms with Gasteiger partial charge in [0.1, 0.15) is 11.4 Å². The van der Waals surface area contributed by atoms with Crippen LogP contribution in [-0.2, 0) is 14.3 Å². The van der Waals surface area contributed by atoms with Crippen LogP contribution in [0.4, 0.5) is 5.82 Å². The van der Waals surface area contributed by atoms with Crippen molar-refractivity contribution in [1.82, 2.24) is 9.97 Å². The van der Waals surface area contributed by atoms with Crippen molar-refractivity contribution in [2.45, 2.75) is 18.4 Å². The Morgan fingerprint density at radius 3 is 2.70 bits per heavy atom. The molecule has 0 bridgehead atoms. The molecule has 1 aromatic heterocycles. The molecule has 0 aliphatic carbocycles. The first-order valence-electron chi connectivity index (χ1n) is 6.07. The lowest BCUT2D eigenvalue weighted by atomic mass is 9.90. The zero-order valence-corrected chi connectivity index (χ0v) is 11.0. The molecule has 1 aliphatic rings. The number of methoxy groups -OCH3 is 1. The van der Waals surface area contributed by atoms with E-state index in [0.29, 0.717) is 26.1 Å². The van der Waals surface area contributed by atoms with Gasteiger partial charge in [0.25, 0.3) is 0 Å². The minimum absolute atomic E-state index is 0.0186. The minimum Gasteiger partial charge on any atom is -0.480 e. The quantitative estimate of drug-likeness (QED) is 0.758. The maximum Gasteiger partial charge on any atom is 0.358 e. The Balaban J connectivity index is 2.23. The predicted molar refractivity (Wildman–Crippen MR) is 67.4 cm³/mol. The number of carbonyl (C=O) groups excluding carboxylic acids is 1. The summed E-state index contributed by atoms with van der Waals surface area (Å²) < 4.78 is 9.73. The third-order valence-electron chi connectivity index (χ3n) is 3.15. The van der Waals surface area contributed by atoms with E-state index in [2.05, 4.69) is 20.0 Å². The Morgan fingerprint density at radius 1 is 1.40 bits per heavy atom. The molecule has 2 N–H and O–H groups in total. The van der Waals surface area contributed by atoms with Crippen LogP contribution in [0.15, 0.2) is 12.4 Å². The van der Waals surface area contributed by atoms with E-state index in [-0.39, 0.29) is 11.5 Å². The van der Waals surface area contributed by atoms with Crippen LogP contribution >= 0.6 is 0 Å². The highest BCUT2D eigenvalue weighted by atomic mass is 16.5. The number of anilines is 1. The number of hydrogen-bond acceptors (Lipinski definition) is 7. The molecular weight excluding hydrogens is 266 g/mol. The van der Waals surface area contributed by atoms with Crippen molar-refractivity contribution in [2.24, 2.45) is 0 Å². The van der Waals surface area contributed by atoms with Gasteiger partial charge in [-0.3, -0.25) is 4.98 Å². The third kappa shape index (κ3) is 2.85. The van der Waals surface area contributed by atoms with Gasteiger partial charge < -0.3 is 19.9 Å². The molecule has 0 atom stereocenters. The summed E-state index contributed by atoms with van der Waals surface area (Å²) in [7, 11) is 1.24. The minimum atomic E-state index is -1.15. The highest BCUT2D eigenvalue weighted by Gasteiger charge is 2.40. The summed E-state index contributed by atoms with van der Waals surface area (Å²) in [6, 6.07) is 0. The predicted octanol–water partition coefficient (Wildman–Crippen LogP) is 0.309. The number of esters is 1. The van der Waals surface area contributed by atoms with E-state index in [1.807, 2.05) is 0 Å². The van der Waals surface area contributed by atoms with Crippen molar-refractivity contribution in [2.75, 3.05) is 25.6 Å². The maximum absolute atomic E-state index is 11.5. The molecule has 8 heteroatoms. The molecule has 2 heterocycles. The number of rotatable bonds is 4. The zero-order chi connectivity index (χ0) is 14.6. The second kappa shape index (κ2) is 5.83. The standard InChI is InChI=1S/C12H15N3O5/c1-19-10(16)8-6-13-7-9(14-8)15-12(11(17)18)2-4-20-5-3-12/h6-7H,2-5H2,1H3,(H,14,15)(H,17,18). The van der Waals surface area contributed by atoms with Gasteiger partial charge in [-0.15, -0.1) is 0 Å². The van der Waals surface area contributed by atoms with Crippen LogP contribution < -0.4 is 5.32 Å². The van der Waals surface area contributed by atoms with Crippen LogP contribution in [0.5, 0.6) is 0 Å². The van der Waals surface area contributed by atoms with Gasteiger partial charge in [-0.2, -0.15) is 0 Å². The average molecular weight is 281 g/mol. The maximum atomic E-state index is 11.5. The summed E-state index contributed by atoms with van der Waals surface area (Å²) >= 11 is 0. The van der Waals surface area contributed by atoms with Crippen molar-refractivity contribution in [3.63, 3.8) is 0 Å². The van der Waals surface area contributed by atoms with Crippen LogP contribution in [0.1, 0.15) is 23.3 Å². The first kappa shape index (κ1) is 14.2. The second-order valence-electron chi connectivity index (χ2n) is 4.41. The van der Waals surface area contributed by atoms with Gasteiger partial charge >= 0.3 is 11.9 Å². The van der Waals surface area contributed by atoms with E-state index in [1.165, 1.54) is 19.5 Å². The summed E-state index contributed by atoms with van der Waals surface area (Å²) in [5, 5.41) is 12.3. The van der Waals surface area contributed by atoms with E-state index in [1.54, 1.807) is 0 Å². The number of ether oxygens (including phenoxy) is 2. The van der Waals surface area contributed by atoms with Crippen LogP contribution in [0, 0.1) is 0 Å². The second-order valence-corrected chi connectivity index (χ2v) is 4.41. The Morgan fingerprint density at radius 2 is 2.10 bits per heavy atom. The van der Waals surface area contributed by atoms with Crippen LogP contribution in [0.3, 0.4) is 0 Å². The van der Waals surface area contributed by atoms with E-state index in [4.69, 9.17) is 4.74 Å². The molecule has 0 radical (unpaired) electrons. The molecule has 0 amide bonds.